The fourth-order valence-electron chi connectivity index (χ4n) is 8.20. The fraction of sp³-hybridized carbons (Fsp3) is 0.659. The number of aliphatic hydroxyl groups excluding tert-OH is 1. The molecule has 0 aliphatic carbocycles. The third-order valence-electron chi connectivity index (χ3n) is 11.6. The van der Waals surface area contributed by atoms with E-state index in [2.05, 4.69) is 0 Å². The quantitative estimate of drug-likeness (QED) is 0.0544. The van der Waals surface area contributed by atoms with Gasteiger partial charge in [0.25, 0.3) is 0 Å². The van der Waals surface area contributed by atoms with Gasteiger partial charge in [0.05, 0.1) is 13.7 Å². The summed E-state index contributed by atoms with van der Waals surface area (Å²) in [4.78, 5) is 41.1. The molecule has 2 aromatic carbocycles. The van der Waals surface area contributed by atoms with Gasteiger partial charge in [-0.1, -0.05) is 60.7 Å². The number of hydrogen-bond acceptors (Lipinski definition) is 14. The van der Waals surface area contributed by atoms with Crippen molar-refractivity contribution in [2.24, 2.45) is 11.8 Å². The molecule has 4 unspecified atom stereocenters. The molecule has 1 radical (unpaired) electrons. The molecule has 12 atom stereocenters. The third kappa shape index (κ3) is 13.4. The predicted octanol–water partition coefficient (Wildman–Crippen LogP) is 5.54. The number of carbonyl (C=O) groups is 3. The monoisotopic (exact) mass is 882 g/mol. The minimum atomic E-state index is -1.84. The number of benzene rings is 2. The van der Waals surface area contributed by atoms with Crippen LogP contribution in [0.1, 0.15) is 84.8 Å². The van der Waals surface area contributed by atoms with Crippen molar-refractivity contribution in [1.29, 1.82) is 0 Å². The zero-order valence-electron chi connectivity index (χ0n) is 37.0. The van der Waals surface area contributed by atoms with Crippen LogP contribution in [-0.4, -0.2) is 129 Å². The van der Waals surface area contributed by atoms with Crippen LogP contribution in [0.3, 0.4) is 0 Å². The first-order chi connectivity index (χ1) is 29.7. The van der Waals surface area contributed by atoms with E-state index in [0.29, 0.717) is 45.8 Å². The van der Waals surface area contributed by atoms with Gasteiger partial charge >= 0.3 is 207 Å². The van der Waals surface area contributed by atoms with Crippen LogP contribution < -0.4 is 0 Å². The Morgan fingerprint density at radius 3 is 2.31 bits per heavy atom. The van der Waals surface area contributed by atoms with Crippen molar-refractivity contribution in [3.05, 3.63) is 71.8 Å². The molecule has 62 heavy (non-hydrogen) atoms. The van der Waals surface area contributed by atoms with Crippen LogP contribution in [0.4, 0.5) is 4.79 Å². The summed E-state index contributed by atoms with van der Waals surface area (Å²) in [5, 5.41) is 11.7. The van der Waals surface area contributed by atoms with Crippen LogP contribution in [0, 0.1) is 11.8 Å². The fourth-order valence-corrected chi connectivity index (χ4v) is 9.49. The van der Waals surface area contributed by atoms with Crippen molar-refractivity contribution < 1.29 is 66.8 Å². The Morgan fingerprint density at radius 1 is 1.00 bits per heavy atom. The average Bonchev–Trinajstić information content (AvgIpc) is 3.63. The first-order valence-electron chi connectivity index (χ1n) is 21.6. The van der Waals surface area contributed by atoms with E-state index in [1.165, 1.54) is 20.9 Å². The van der Waals surface area contributed by atoms with Crippen molar-refractivity contribution in [3.63, 3.8) is 0 Å². The van der Waals surface area contributed by atoms with Crippen molar-refractivity contribution >= 4 is 40.4 Å². The Labute approximate surface area is 368 Å². The summed E-state index contributed by atoms with van der Waals surface area (Å²) in [7, 11) is 1.86. The number of ether oxygens (including phenoxy) is 9. The molecule has 3 fully saturated rings. The van der Waals surface area contributed by atoms with E-state index >= 15 is 0 Å². The Hall–Kier alpha value is -3.27. The van der Waals surface area contributed by atoms with E-state index in [-0.39, 0.29) is 40.6 Å². The second-order valence-electron chi connectivity index (χ2n) is 16.7. The van der Waals surface area contributed by atoms with E-state index in [1.807, 2.05) is 81.4 Å². The van der Waals surface area contributed by atoms with Gasteiger partial charge in [0.1, 0.15) is 6.61 Å². The second-order valence-corrected chi connectivity index (χ2v) is 18.1. The van der Waals surface area contributed by atoms with Gasteiger partial charge in [-0.05, 0) is 44.2 Å². The molecule has 3 aliphatic rings. The molecule has 15 nitrogen and oxygen atoms in total. The van der Waals surface area contributed by atoms with Crippen molar-refractivity contribution in [2.75, 3.05) is 26.9 Å². The topological polar surface area (TPSA) is 175 Å². The molecule has 5 rings (SSSR count). The van der Waals surface area contributed by atoms with Gasteiger partial charge in [0.2, 0.25) is 0 Å². The summed E-state index contributed by atoms with van der Waals surface area (Å²) in [6.45, 7) is 13.3. The standard InChI is InChI=1S/C44H63B2NO14P/c1-8-28(2)36-39(62-46-45-52)34(49)38(57-30(4)48)40(59-36)58-35-29(3)24-44(41(50)53-7,61-37(35)33-27-56-43(5,6)60-33)55-23-17-11-16-22-47(25-31-18-12-9-13-19-31)42(51)54-26-32-20-14-10-15-21-32/h9-10,12-15,18-21,28-29,33-40,49,62H,8,11,16-17,22-27H2,1-7H3/t28-,29+,33+,34+,35+,36?,37?,38?,39-,40-,44+/m0/s1. The SMILES string of the molecule is CC[C@H](C)C1O[C@H](O[C@H]2C([C@H]3COC(C)(C)O3)O[C@@](OCCCCCN(Cc3ccccc3)C(=O)OCc3ccccc3)(C(=O)OC)C[C@H]2C)C(OC(C)=O)[C@@H](O)[C@@H]1P[B]B=O. The first kappa shape index (κ1) is 49.7. The van der Waals surface area contributed by atoms with Gasteiger partial charge in [-0.25, -0.2) is 9.59 Å². The molecular weight excluding hydrogens is 819 g/mol. The van der Waals surface area contributed by atoms with Gasteiger partial charge in [-0.3, -0.25) is 0 Å². The normalized spacial score (nSPS) is 30.0. The van der Waals surface area contributed by atoms with Crippen molar-refractivity contribution in [1.82, 2.24) is 4.90 Å². The van der Waals surface area contributed by atoms with Gasteiger partial charge in [0.15, 0.2) is 0 Å². The number of rotatable bonds is 21. The Bertz CT molecular complexity index is 1730. The number of amides is 1. The van der Waals surface area contributed by atoms with Crippen LogP contribution in [0.25, 0.3) is 0 Å². The molecule has 339 valence electrons. The molecule has 0 saturated carbocycles. The minimum absolute atomic E-state index is 0.0243. The number of methoxy groups -OCH3 is 1. The van der Waals surface area contributed by atoms with Crippen LogP contribution in [0.2, 0.25) is 0 Å². The zero-order valence-corrected chi connectivity index (χ0v) is 38.0. The summed E-state index contributed by atoms with van der Waals surface area (Å²) in [6, 6.07) is 19.3. The van der Waals surface area contributed by atoms with Gasteiger partial charge < -0.3 is 14.4 Å². The summed E-state index contributed by atoms with van der Waals surface area (Å²) in [5.41, 5.74) is 1.35. The van der Waals surface area contributed by atoms with Crippen LogP contribution in [0.5, 0.6) is 0 Å². The maximum absolute atomic E-state index is 13.7. The van der Waals surface area contributed by atoms with E-state index in [4.69, 9.17) is 42.6 Å². The van der Waals surface area contributed by atoms with Gasteiger partial charge in [-0.15, -0.1) is 0 Å². The molecule has 0 spiro atoms. The Balaban J connectivity index is 1.29. The van der Waals surface area contributed by atoms with E-state index in [9.17, 15) is 24.2 Å². The summed E-state index contributed by atoms with van der Waals surface area (Å²) < 4.78 is 66.7. The van der Waals surface area contributed by atoms with Crippen LogP contribution in [0.15, 0.2) is 60.7 Å². The van der Waals surface area contributed by atoms with Crippen LogP contribution in [-0.2, 0) is 70.1 Å². The van der Waals surface area contributed by atoms with E-state index in [1.54, 1.807) is 18.7 Å². The van der Waals surface area contributed by atoms with E-state index < -0.39 is 84.1 Å². The van der Waals surface area contributed by atoms with Crippen molar-refractivity contribution in [2.45, 2.75) is 147 Å². The molecule has 0 aromatic heterocycles. The van der Waals surface area contributed by atoms with Gasteiger partial charge in [0, 0.05) is 13.1 Å². The van der Waals surface area contributed by atoms with E-state index in [0.717, 1.165) is 11.1 Å². The number of hydrogen-bond donors (Lipinski definition) is 1. The number of unbranched alkanes of at least 4 members (excludes halogenated alkanes) is 2. The zero-order chi connectivity index (χ0) is 44.9. The maximum atomic E-state index is 13.7. The number of aliphatic hydroxyl groups is 1. The Morgan fingerprint density at radius 2 is 1.69 bits per heavy atom. The molecule has 1 N–H and O–H groups in total. The molecule has 1 amide bonds. The summed E-state index contributed by atoms with van der Waals surface area (Å²) in [5.74, 6) is -4.69. The molecule has 3 heterocycles. The molecule has 2 aromatic rings. The molecule has 3 saturated heterocycles. The molecule has 0 bridgehead atoms. The molecule has 18 heteroatoms. The average molecular weight is 883 g/mol. The predicted molar refractivity (Wildman–Crippen MR) is 230 cm³/mol. The number of esters is 2. The second kappa shape index (κ2) is 23.6. The Kier molecular flexibility index (Phi) is 18.9. The first-order valence-corrected chi connectivity index (χ1v) is 22.8. The third-order valence-corrected chi connectivity index (χ3v) is 12.9. The van der Waals surface area contributed by atoms with Crippen LogP contribution >= 0.6 is 8.46 Å². The summed E-state index contributed by atoms with van der Waals surface area (Å²) in [6.07, 6.45) is -4.58. The van der Waals surface area contributed by atoms with Gasteiger partial charge in [-0.2, -0.15) is 0 Å². The number of nitrogens with zero attached hydrogens (tertiary/aromatic N) is 1. The molecular formula is C44H63B2NO14P. The number of carbonyl (C=O) groups excluding carboxylic acids is 3. The summed E-state index contributed by atoms with van der Waals surface area (Å²) >= 11 is 0. The molecule has 3 aliphatic heterocycles. The van der Waals surface area contributed by atoms with Crippen molar-refractivity contribution in [3.8, 4) is 0 Å².